The van der Waals surface area contributed by atoms with Gasteiger partial charge in [0.1, 0.15) is 0 Å². The number of halogens is 4. The second kappa shape index (κ2) is 7.97. The molecule has 0 heterocycles. The summed E-state index contributed by atoms with van der Waals surface area (Å²) in [6, 6.07) is 5.69. The standard InChI is InChI=1S/C17H16F4O2/c1-22-9-2-3-10-23-14-8-7-12(16(20)17(14)21)11-5-4-6-13(18)15(11)19/h4-8H,2-3,9-10H2,1H3. The summed E-state index contributed by atoms with van der Waals surface area (Å²) >= 11 is 0. The van der Waals surface area contributed by atoms with Gasteiger partial charge in [-0.25, -0.2) is 13.2 Å². The van der Waals surface area contributed by atoms with Crippen LogP contribution >= 0.6 is 0 Å². The molecule has 0 unspecified atom stereocenters. The number of hydrogen-bond donors (Lipinski definition) is 0. The van der Waals surface area contributed by atoms with Gasteiger partial charge in [0, 0.05) is 24.8 Å². The lowest BCUT2D eigenvalue weighted by molar-refractivity contribution is 0.183. The molecule has 0 aliphatic heterocycles. The molecule has 0 saturated heterocycles. The van der Waals surface area contributed by atoms with Crippen molar-refractivity contribution in [1.29, 1.82) is 0 Å². The van der Waals surface area contributed by atoms with Gasteiger partial charge in [-0.3, -0.25) is 0 Å². The Morgan fingerprint density at radius 2 is 1.48 bits per heavy atom. The molecule has 0 saturated carbocycles. The zero-order valence-corrected chi connectivity index (χ0v) is 12.5. The van der Waals surface area contributed by atoms with Crippen LogP contribution < -0.4 is 4.74 Å². The van der Waals surface area contributed by atoms with E-state index in [9.17, 15) is 17.6 Å². The Bertz CT molecular complexity index is 674. The quantitative estimate of drug-likeness (QED) is 0.541. The lowest BCUT2D eigenvalue weighted by Gasteiger charge is -2.11. The fraction of sp³-hybridized carbons (Fsp3) is 0.294. The van der Waals surface area contributed by atoms with Crippen molar-refractivity contribution in [2.75, 3.05) is 20.3 Å². The van der Waals surface area contributed by atoms with Crippen LogP contribution in [0.25, 0.3) is 11.1 Å². The zero-order valence-electron chi connectivity index (χ0n) is 12.5. The maximum atomic E-state index is 14.1. The fourth-order valence-corrected chi connectivity index (χ4v) is 2.09. The Balaban J connectivity index is 2.19. The van der Waals surface area contributed by atoms with Crippen molar-refractivity contribution in [2.45, 2.75) is 12.8 Å². The Hall–Kier alpha value is -2.08. The Morgan fingerprint density at radius 3 is 2.22 bits per heavy atom. The van der Waals surface area contributed by atoms with Gasteiger partial charge in [-0.05, 0) is 31.0 Å². The third kappa shape index (κ3) is 4.01. The van der Waals surface area contributed by atoms with Gasteiger partial charge in [-0.15, -0.1) is 0 Å². The average molecular weight is 328 g/mol. The van der Waals surface area contributed by atoms with E-state index in [2.05, 4.69) is 0 Å². The van der Waals surface area contributed by atoms with Crippen molar-refractivity contribution in [1.82, 2.24) is 0 Å². The predicted molar refractivity (Wildman–Crippen MR) is 78.3 cm³/mol. The number of hydrogen-bond acceptors (Lipinski definition) is 2. The topological polar surface area (TPSA) is 18.5 Å². The van der Waals surface area contributed by atoms with E-state index in [0.29, 0.717) is 13.0 Å². The molecule has 0 atom stereocenters. The number of rotatable bonds is 7. The van der Waals surface area contributed by atoms with Crippen LogP contribution in [0.15, 0.2) is 30.3 Å². The molecular formula is C17H16F4O2. The van der Waals surface area contributed by atoms with Gasteiger partial charge in [0.05, 0.1) is 6.61 Å². The summed E-state index contributed by atoms with van der Waals surface area (Å²) in [5.41, 5.74) is -0.695. The Morgan fingerprint density at radius 1 is 0.783 bits per heavy atom. The summed E-state index contributed by atoms with van der Waals surface area (Å²) in [6.45, 7) is 0.755. The van der Waals surface area contributed by atoms with Crippen molar-refractivity contribution in [3.63, 3.8) is 0 Å². The summed E-state index contributed by atoms with van der Waals surface area (Å²) in [4.78, 5) is 0. The highest BCUT2D eigenvalue weighted by Crippen LogP contribution is 2.32. The summed E-state index contributed by atoms with van der Waals surface area (Å²) < 4.78 is 65.1. The zero-order chi connectivity index (χ0) is 16.8. The SMILES string of the molecule is COCCCCOc1ccc(-c2cccc(F)c2F)c(F)c1F. The van der Waals surface area contributed by atoms with E-state index in [4.69, 9.17) is 9.47 Å². The van der Waals surface area contributed by atoms with E-state index in [0.717, 1.165) is 12.5 Å². The van der Waals surface area contributed by atoms with E-state index in [1.807, 2.05) is 0 Å². The fourth-order valence-electron chi connectivity index (χ4n) is 2.09. The van der Waals surface area contributed by atoms with Crippen LogP contribution in [0.4, 0.5) is 17.6 Å². The Kier molecular flexibility index (Phi) is 5.98. The minimum atomic E-state index is -1.27. The first kappa shape index (κ1) is 17.3. The monoisotopic (exact) mass is 328 g/mol. The highest BCUT2D eigenvalue weighted by molar-refractivity contribution is 5.66. The first-order valence-corrected chi connectivity index (χ1v) is 7.10. The van der Waals surface area contributed by atoms with Crippen molar-refractivity contribution >= 4 is 0 Å². The molecule has 6 heteroatoms. The van der Waals surface area contributed by atoms with Crippen molar-refractivity contribution in [3.05, 3.63) is 53.6 Å². The molecule has 0 bridgehead atoms. The van der Waals surface area contributed by atoms with E-state index in [-0.39, 0.29) is 23.5 Å². The van der Waals surface area contributed by atoms with Crippen LogP contribution in [0.3, 0.4) is 0 Å². The normalized spacial score (nSPS) is 10.8. The van der Waals surface area contributed by atoms with Gasteiger partial charge in [-0.1, -0.05) is 12.1 Å². The van der Waals surface area contributed by atoms with E-state index >= 15 is 0 Å². The first-order chi connectivity index (χ1) is 11.1. The lowest BCUT2D eigenvalue weighted by Crippen LogP contribution is -2.03. The minimum Gasteiger partial charge on any atom is -0.490 e. The van der Waals surface area contributed by atoms with Crippen LogP contribution in [-0.2, 0) is 4.74 Å². The number of ether oxygens (including phenoxy) is 2. The first-order valence-electron chi connectivity index (χ1n) is 7.10. The van der Waals surface area contributed by atoms with Gasteiger partial charge >= 0.3 is 0 Å². The molecule has 0 N–H and O–H groups in total. The van der Waals surface area contributed by atoms with E-state index < -0.39 is 23.3 Å². The summed E-state index contributed by atoms with van der Waals surface area (Å²) in [5.74, 6) is -5.11. The molecule has 0 fully saturated rings. The molecule has 0 radical (unpaired) electrons. The predicted octanol–water partition coefficient (Wildman–Crippen LogP) is 4.72. The molecule has 0 spiro atoms. The van der Waals surface area contributed by atoms with Crippen LogP contribution in [-0.4, -0.2) is 20.3 Å². The number of benzene rings is 2. The molecular weight excluding hydrogens is 312 g/mol. The van der Waals surface area contributed by atoms with Gasteiger partial charge in [-0.2, -0.15) is 4.39 Å². The molecule has 2 aromatic carbocycles. The van der Waals surface area contributed by atoms with Gasteiger partial charge < -0.3 is 9.47 Å². The summed E-state index contributed by atoms with van der Waals surface area (Å²) in [7, 11) is 1.57. The van der Waals surface area contributed by atoms with E-state index in [1.165, 1.54) is 24.3 Å². The maximum Gasteiger partial charge on any atom is 0.201 e. The molecule has 0 aliphatic rings. The third-order valence-corrected chi connectivity index (χ3v) is 3.29. The van der Waals surface area contributed by atoms with Crippen LogP contribution in [0.1, 0.15) is 12.8 Å². The van der Waals surface area contributed by atoms with Crippen molar-refractivity contribution in [3.8, 4) is 16.9 Å². The highest BCUT2D eigenvalue weighted by atomic mass is 19.2. The average Bonchev–Trinajstić information content (AvgIpc) is 2.54. The van der Waals surface area contributed by atoms with Crippen molar-refractivity contribution < 1.29 is 27.0 Å². The van der Waals surface area contributed by atoms with E-state index in [1.54, 1.807) is 7.11 Å². The van der Waals surface area contributed by atoms with Gasteiger partial charge in [0.2, 0.25) is 5.82 Å². The van der Waals surface area contributed by atoms with Crippen LogP contribution in [0.5, 0.6) is 5.75 Å². The molecule has 2 nitrogen and oxygen atoms in total. The third-order valence-electron chi connectivity index (χ3n) is 3.29. The van der Waals surface area contributed by atoms with Crippen LogP contribution in [0.2, 0.25) is 0 Å². The lowest BCUT2D eigenvalue weighted by atomic mass is 10.0. The molecule has 0 aromatic heterocycles. The minimum absolute atomic E-state index is 0.202. The molecule has 23 heavy (non-hydrogen) atoms. The highest BCUT2D eigenvalue weighted by Gasteiger charge is 2.19. The molecule has 2 aromatic rings. The number of methoxy groups -OCH3 is 1. The second-order valence-electron chi connectivity index (χ2n) is 4.89. The van der Waals surface area contributed by atoms with Crippen molar-refractivity contribution in [2.24, 2.45) is 0 Å². The van der Waals surface area contributed by atoms with Gasteiger partial charge in [0.15, 0.2) is 23.2 Å². The Labute approximate surface area is 131 Å². The van der Waals surface area contributed by atoms with Gasteiger partial charge in [0.25, 0.3) is 0 Å². The van der Waals surface area contributed by atoms with Crippen LogP contribution in [0, 0.1) is 23.3 Å². The molecule has 0 aliphatic carbocycles. The summed E-state index contributed by atoms with van der Waals surface area (Å²) in [5, 5.41) is 0. The number of unbranched alkanes of at least 4 members (excludes halogenated alkanes) is 1. The molecule has 2 rings (SSSR count). The smallest absolute Gasteiger partial charge is 0.201 e. The molecule has 124 valence electrons. The second-order valence-corrected chi connectivity index (χ2v) is 4.89. The summed E-state index contributed by atoms with van der Waals surface area (Å²) in [6.07, 6.45) is 1.35. The molecule has 0 amide bonds. The largest absolute Gasteiger partial charge is 0.490 e. The maximum absolute atomic E-state index is 14.1.